The molecule has 166 valence electrons. The van der Waals surface area contributed by atoms with Gasteiger partial charge in [0.25, 0.3) is 11.5 Å². The molecule has 1 fully saturated rings. The molecule has 0 atom stereocenters. The van der Waals surface area contributed by atoms with Gasteiger partial charge in [0.15, 0.2) is 0 Å². The maximum Gasteiger partial charge on any atom is 0.263 e. The van der Waals surface area contributed by atoms with Crippen LogP contribution in [0.15, 0.2) is 95.9 Å². The molecule has 5 nitrogen and oxygen atoms in total. The number of nitrogens with zero attached hydrogens (tertiary/aromatic N) is 3. The first-order valence-electron chi connectivity index (χ1n) is 11.4. The van der Waals surface area contributed by atoms with Gasteiger partial charge in [-0.2, -0.15) is 0 Å². The molecule has 33 heavy (non-hydrogen) atoms. The third-order valence-corrected chi connectivity index (χ3v) is 6.38. The van der Waals surface area contributed by atoms with Gasteiger partial charge in [-0.15, -0.1) is 0 Å². The molecule has 1 aliphatic rings. The maximum atomic E-state index is 13.2. The first-order valence-corrected chi connectivity index (χ1v) is 11.4. The Bertz CT molecular complexity index is 1320. The summed E-state index contributed by atoms with van der Waals surface area (Å²) in [6.07, 6.45) is 1.74. The van der Waals surface area contributed by atoms with Gasteiger partial charge in [0.1, 0.15) is 5.56 Å². The van der Waals surface area contributed by atoms with E-state index in [-0.39, 0.29) is 17.0 Å². The quantitative estimate of drug-likeness (QED) is 0.474. The van der Waals surface area contributed by atoms with E-state index in [1.165, 1.54) is 16.3 Å². The number of hydrogen-bond donors (Lipinski definition) is 0. The Hall–Kier alpha value is -3.70. The van der Waals surface area contributed by atoms with Crippen LogP contribution in [-0.2, 0) is 13.1 Å². The average Bonchev–Trinajstić information content (AvgIpc) is 2.86. The second-order valence-electron chi connectivity index (χ2n) is 8.55. The fourth-order valence-corrected chi connectivity index (χ4v) is 4.55. The van der Waals surface area contributed by atoms with Gasteiger partial charge in [0, 0.05) is 38.9 Å². The van der Waals surface area contributed by atoms with E-state index in [2.05, 4.69) is 47.4 Å². The van der Waals surface area contributed by atoms with Crippen LogP contribution in [0.1, 0.15) is 21.5 Å². The van der Waals surface area contributed by atoms with Crippen molar-refractivity contribution in [3.05, 3.63) is 118 Å². The van der Waals surface area contributed by atoms with Crippen molar-refractivity contribution in [1.82, 2.24) is 14.4 Å². The van der Waals surface area contributed by atoms with E-state index in [0.717, 1.165) is 25.2 Å². The summed E-state index contributed by atoms with van der Waals surface area (Å²) in [5, 5.41) is 2.53. The third kappa shape index (κ3) is 4.59. The Morgan fingerprint density at radius 1 is 0.727 bits per heavy atom. The van der Waals surface area contributed by atoms with Gasteiger partial charge in [0.05, 0.1) is 6.54 Å². The molecule has 1 aromatic heterocycles. The molecule has 5 heteroatoms. The van der Waals surface area contributed by atoms with Crippen LogP contribution in [0.5, 0.6) is 0 Å². The smallest absolute Gasteiger partial charge is 0.263 e. The number of fused-ring (bicyclic) bond motifs is 1. The van der Waals surface area contributed by atoms with Gasteiger partial charge in [-0.3, -0.25) is 14.5 Å². The van der Waals surface area contributed by atoms with E-state index in [1.54, 1.807) is 22.9 Å². The molecule has 3 aromatic carbocycles. The summed E-state index contributed by atoms with van der Waals surface area (Å²) >= 11 is 0. The fraction of sp³-hybridized carbons (Fsp3) is 0.214. The molecular formula is C28H27N3O2. The number of piperazine rings is 1. The predicted molar refractivity (Wildman–Crippen MR) is 131 cm³/mol. The highest BCUT2D eigenvalue weighted by Gasteiger charge is 2.24. The van der Waals surface area contributed by atoms with Gasteiger partial charge in [-0.1, -0.05) is 72.8 Å². The Kier molecular flexibility index (Phi) is 6.05. The Balaban J connectivity index is 1.25. The van der Waals surface area contributed by atoms with Crippen LogP contribution in [0.2, 0.25) is 0 Å². The molecular weight excluding hydrogens is 410 g/mol. The minimum absolute atomic E-state index is 0.174. The Labute approximate surface area is 193 Å². The summed E-state index contributed by atoms with van der Waals surface area (Å²) in [7, 11) is 0. The molecule has 0 aliphatic carbocycles. The van der Waals surface area contributed by atoms with Crippen molar-refractivity contribution in [3.8, 4) is 0 Å². The molecule has 0 N–H and O–H groups in total. The second kappa shape index (κ2) is 9.43. The molecule has 0 bridgehead atoms. The zero-order valence-corrected chi connectivity index (χ0v) is 18.6. The summed E-state index contributed by atoms with van der Waals surface area (Å²) in [5.74, 6) is -0.174. The molecule has 1 saturated heterocycles. The van der Waals surface area contributed by atoms with Crippen molar-refractivity contribution >= 4 is 16.7 Å². The minimum atomic E-state index is -0.232. The van der Waals surface area contributed by atoms with E-state index in [0.29, 0.717) is 19.6 Å². The highest BCUT2D eigenvalue weighted by Crippen LogP contribution is 2.20. The van der Waals surface area contributed by atoms with E-state index in [1.807, 2.05) is 35.2 Å². The summed E-state index contributed by atoms with van der Waals surface area (Å²) in [5.41, 5.74) is 2.35. The largest absolute Gasteiger partial charge is 0.336 e. The van der Waals surface area contributed by atoms with E-state index in [4.69, 9.17) is 0 Å². The van der Waals surface area contributed by atoms with Crippen LogP contribution in [0, 0.1) is 0 Å². The molecule has 1 aliphatic heterocycles. The zero-order valence-electron chi connectivity index (χ0n) is 18.6. The molecule has 0 saturated carbocycles. The Morgan fingerprint density at radius 3 is 2.27 bits per heavy atom. The number of carbonyl (C=O) groups is 1. The highest BCUT2D eigenvalue weighted by molar-refractivity contribution is 5.94. The van der Waals surface area contributed by atoms with Crippen molar-refractivity contribution in [1.29, 1.82) is 0 Å². The van der Waals surface area contributed by atoms with Crippen LogP contribution in [0.25, 0.3) is 10.8 Å². The zero-order chi connectivity index (χ0) is 22.6. The second-order valence-corrected chi connectivity index (χ2v) is 8.55. The normalized spacial score (nSPS) is 14.5. The van der Waals surface area contributed by atoms with E-state index < -0.39 is 0 Å². The molecule has 0 spiro atoms. The predicted octanol–water partition coefficient (Wildman–Crippen LogP) is 4.01. The molecule has 4 aromatic rings. The number of hydrogen-bond acceptors (Lipinski definition) is 3. The van der Waals surface area contributed by atoms with Gasteiger partial charge < -0.3 is 9.47 Å². The van der Waals surface area contributed by atoms with Crippen molar-refractivity contribution in [3.63, 3.8) is 0 Å². The highest BCUT2D eigenvalue weighted by atomic mass is 16.2. The first-order chi connectivity index (χ1) is 16.2. The number of benzene rings is 3. The number of aromatic nitrogens is 1. The lowest BCUT2D eigenvalue weighted by Gasteiger charge is -2.35. The average molecular weight is 438 g/mol. The molecule has 0 radical (unpaired) electrons. The number of pyridine rings is 1. The number of rotatable bonds is 5. The van der Waals surface area contributed by atoms with Crippen LogP contribution >= 0.6 is 0 Å². The van der Waals surface area contributed by atoms with Crippen LogP contribution < -0.4 is 5.56 Å². The lowest BCUT2D eigenvalue weighted by Crippen LogP contribution is -2.49. The van der Waals surface area contributed by atoms with Crippen molar-refractivity contribution < 1.29 is 4.79 Å². The summed E-state index contributed by atoms with van der Waals surface area (Å²) < 4.78 is 1.61. The fourth-order valence-electron chi connectivity index (χ4n) is 4.55. The van der Waals surface area contributed by atoms with Gasteiger partial charge in [-0.05, 0) is 34.0 Å². The molecule has 2 heterocycles. The van der Waals surface area contributed by atoms with Crippen molar-refractivity contribution in [2.75, 3.05) is 26.2 Å². The van der Waals surface area contributed by atoms with Crippen LogP contribution in [-0.4, -0.2) is 46.5 Å². The summed E-state index contributed by atoms with van der Waals surface area (Å²) in [4.78, 5) is 30.3. The summed E-state index contributed by atoms with van der Waals surface area (Å²) in [6, 6.07) is 28.1. The first kappa shape index (κ1) is 21.2. The van der Waals surface area contributed by atoms with Crippen LogP contribution in [0.3, 0.4) is 0 Å². The van der Waals surface area contributed by atoms with Crippen molar-refractivity contribution in [2.45, 2.75) is 13.1 Å². The van der Waals surface area contributed by atoms with E-state index >= 15 is 0 Å². The molecule has 5 rings (SSSR count). The SMILES string of the molecule is O=C(c1cccn(Cc2ccccc2)c1=O)N1CCN(Cc2cccc3ccccc23)CC1. The van der Waals surface area contributed by atoms with Crippen LogP contribution in [0.4, 0.5) is 0 Å². The van der Waals surface area contributed by atoms with Crippen molar-refractivity contribution in [2.24, 2.45) is 0 Å². The minimum Gasteiger partial charge on any atom is -0.336 e. The maximum absolute atomic E-state index is 13.2. The van der Waals surface area contributed by atoms with E-state index in [9.17, 15) is 9.59 Å². The molecule has 1 amide bonds. The monoisotopic (exact) mass is 437 g/mol. The van der Waals surface area contributed by atoms with Gasteiger partial charge in [0.2, 0.25) is 0 Å². The lowest BCUT2D eigenvalue weighted by molar-refractivity contribution is 0.0626. The van der Waals surface area contributed by atoms with Gasteiger partial charge in [-0.25, -0.2) is 0 Å². The lowest BCUT2D eigenvalue weighted by atomic mass is 10.0. The third-order valence-electron chi connectivity index (χ3n) is 6.38. The summed E-state index contributed by atoms with van der Waals surface area (Å²) in [6.45, 7) is 4.14. The number of amides is 1. The standard InChI is InChI=1S/C28H27N3O2/c32-27(26-14-7-15-31(28(26)33)20-22-8-2-1-3-9-22)30-18-16-29(17-19-30)21-24-12-6-11-23-10-4-5-13-25(23)24/h1-15H,16-21H2. The van der Waals surface area contributed by atoms with Gasteiger partial charge >= 0.3 is 0 Å². The topological polar surface area (TPSA) is 45.6 Å². The number of carbonyl (C=O) groups excluding carboxylic acids is 1. The molecule has 0 unspecified atom stereocenters. The Morgan fingerprint density at radius 2 is 1.45 bits per heavy atom.